The van der Waals surface area contributed by atoms with E-state index < -0.39 is 11.9 Å². The van der Waals surface area contributed by atoms with Crippen molar-refractivity contribution in [1.82, 2.24) is 4.98 Å². The van der Waals surface area contributed by atoms with Gasteiger partial charge in [0.25, 0.3) is 0 Å². The second-order valence-electron chi connectivity index (χ2n) is 7.36. The van der Waals surface area contributed by atoms with Gasteiger partial charge in [-0.2, -0.15) is 0 Å². The topological polar surface area (TPSA) is 115 Å². The van der Waals surface area contributed by atoms with Gasteiger partial charge >= 0.3 is 5.97 Å². The number of ketones is 1. The van der Waals surface area contributed by atoms with Crippen LogP contribution < -0.4 is 14.2 Å². The summed E-state index contributed by atoms with van der Waals surface area (Å²) in [5, 5.41) is 20.2. The number of aromatic hydroxyl groups is 1. The number of fused-ring (bicyclic) bond motifs is 1. The van der Waals surface area contributed by atoms with Crippen molar-refractivity contribution < 1.29 is 34.0 Å². The number of Topliss-reactive ketones (excluding diaryl/α,β-unsaturated/α-hetero) is 1. The number of methoxy groups -OCH3 is 2. The quantitative estimate of drug-likeness (QED) is 0.522. The van der Waals surface area contributed by atoms with Crippen molar-refractivity contribution in [3.05, 3.63) is 82.9 Å². The third-order valence-electron chi connectivity index (χ3n) is 5.39. The highest BCUT2D eigenvalue weighted by atomic mass is 16.5. The van der Waals surface area contributed by atoms with E-state index in [4.69, 9.17) is 14.2 Å². The lowest BCUT2D eigenvalue weighted by atomic mass is 9.87. The average molecular weight is 447 g/mol. The highest BCUT2D eigenvalue weighted by Crippen LogP contribution is 2.46. The minimum Gasteiger partial charge on any atom is -0.508 e. The average Bonchev–Trinajstić information content (AvgIpc) is 3.13. The van der Waals surface area contributed by atoms with Crippen LogP contribution >= 0.6 is 0 Å². The summed E-state index contributed by atoms with van der Waals surface area (Å²) < 4.78 is 16.5. The van der Waals surface area contributed by atoms with Crippen molar-refractivity contribution in [2.75, 3.05) is 14.2 Å². The maximum absolute atomic E-state index is 13.1. The number of aliphatic carboxylic acids is 1. The molecule has 168 valence electrons. The number of allylic oxidation sites excluding steroid dienone is 1. The molecule has 1 aromatic heterocycles. The standard InChI is InChI=1S/C25H21NO7/c1-31-16-6-5-14(20(11-16)32-2)10-21-24(30)17-7-8-19(27)23(25(17)33-21)18(12-22(28)29)15-4-3-9-26-13-15/h3-11,13,18,27H,12H2,1-2H3,(H,28,29)/b21-10-/t18-/m1/s1. The minimum atomic E-state index is -1.07. The number of carboxylic acid groups (broad SMARTS) is 1. The fourth-order valence-electron chi connectivity index (χ4n) is 3.82. The molecule has 2 heterocycles. The van der Waals surface area contributed by atoms with Gasteiger partial charge < -0.3 is 24.4 Å². The van der Waals surface area contributed by atoms with Gasteiger partial charge in [0, 0.05) is 35.5 Å². The minimum absolute atomic E-state index is 0.0283. The molecule has 8 heteroatoms. The van der Waals surface area contributed by atoms with E-state index in [9.17, 15) is 19.8 Å². The van der Waals surface area contributed by atoms with E-state index >= 15 is 0 Å². The molecular formula is C25H21NO7. The van der Waals surface area contributed by atoms with Crippen LogP contribution in [-0.2, 0) is 4.79 Å². The molecule has 0 fully saturated rings. The van der Waals surface area contributed by atoms with Gasteiger partial charge in [-0.1, -0.05) is 6.07 Å². The SMILES string of the molecule is COc1ccc(/C=C2\Oc3c(ccc(O)c3[C@H](CC(=O)O)c3cccnc3)C2=O)c(OC)c1. The van der Waals surface area contributed by atoms with Crippen LogP contribution in [0.4, 0.5) is 0 Å². The number of hydrogen-bond acceptors (Lipinski definition) is 7. The summed E-state index contributed by atoms with van der Waals surface area (Å²) in [7, 11) is 3.04. The van der Waals surface area contributed by atoms with Crippen molar-refractivity contribution in [2.45, 2.75) is 12.3 Å². The summed E-state index contributed by atoms with van der Waals surface area (Å²) in [6, 6.07) is 11.4. The first-order valence-corrected chi connectivity index (χ1v) is 10.1. The molecule has 0 unspecified atom stereocenters. The largest absolute Gasteiger partial charge is 0.508 e. The molecule has 0 bridgehead atoms. The predicted octanol–water partition coefficient (Wildman–Crippen LogP) is 4.03. The van der Waals surface area contributed by atoms with E-state index in [1.807, 2.05) is 0 Å². The molecule has 0 radical (unpaired) electrons. The van der Waals surface area contributed by atoms with Gasteiger partial charge in [-0.05, 0) is 42.0 Å². The molecule has 1 atom stereocenters. The van der Waals surface area contributed by atoms with Crippen molar-refractivity contribution in [3.8, 4) is 23.0 Å². The molecule has 0 spiro atoms. The van der Waals surface area contributed by atoms with Crippen molar-refractivity contribution in [2.24, 2.45) is 0 Å². The highest BCUT2D eigenvalue weighted by molar-refractivity contribution is 6.15. The van der Waals surface area contributed by atoms with Gasteiger partial charge in [-0.3, -0.25) is 14.6 Å². The van der Waals surface area contributed by atoms with Crippen LogP contribution in [0.2, 0.25) is 0 Å². The Kier molecular flexibility index (Phi) is 5.99. The summed E-state index contributed by atoms with van der Waals surface area (Å²) in [4.78, 5) is 28.8. The zero-order valence-corrected chi connectivity index (χ0v) is 17.9. The van der Waals surface area contributed by atoms with Crippen molar-refractivity contribution in [1.29, 1.82) is 0 Å². The van der Waals surface area contributed by atoms with E-state index in [0.717, 1.165) is 0 Å². The monoisotopic (exact) mass is 447 g/mol. The Balaban J connectivity index is 1.80. The van der Waals surface area contributed by atoms with Crippen LogP contribution in [0.25, 0.3) is 6.08 Å². The summed E-state index contributed by atoms with van der Waals surface area (Å²) in [6.45, 7) is 0. The number of carbonyl (C=O) groups excluding carboxylic acids is 1. The molecule has 2 aromatic carbocycles. The molecule has 1 aliphatic heterocycles. The van der Waals surface area contributed by atoms with Crippen LogP contribution in [-0.4, -0.2) is 41.2 Å². The Morgan fingerprint density at radius 1 is 1.18 bits per heavy atom. The lowest BCUT2D eigenvalue weighted by Gasteiger charge is -2.19. The molecule has 2 N–H and O–H groups in total. The number of phenols is 1. The number of carbonyl (C=O) groups is 2. The Bertz CT molecular complexity index is 1250. The van der Waals surface area contributed by atoms with Crippen LogP contribution in [0.3, 0.4) is 0 Å². The molecule has 1 aliphatic rings. The summed E-state index contributed by atoms with van der Waals surface area (Å²) >= 11 is 0. The predicted molar refractivity (Wildman–Crippen MR) is 119 cm³/mol. The number of phenolic OH excluding ortho intramolecular Hbond substituents is 1. The Hall–Kier alpha value is -4.33. The van der Waals surface area contributed by atoms with Gasteiger partial charge in [0.1, 0.15) is 23.0 Å². The molecule has 0 aliphatic carbocycles. The number of benzene rings is 2. The lowest BCUT2D eigenvalue weighted by Crippen LogP contribution is -2.10. The van der Waals surface area contributed by atoms with Crippen LogP contribution in [0.15, 0.2) is 60.6 Å². The first kappa shape index (κ1) is 21.9. The van der Waals surface area contributed by atoms with Crippen LogP contribution in [0.5, 0.6) is 23.0 Å². The molecule has 0 amide bonds. The molecule has 0 saturated heterocycles. The summed E-state index contributed by atoms with van der Waals surface area (Å²) in [5.41, 5.74) is 1.63. The highest BCUT2D eigenvalue weighted by Gasteiger charge is 2.35. The molecule has 8 nitrogen and oxygen atoms in total. The van der Waals surface area contributed by atoms with Gasteiger partial charge in [-0.15, -0.1) is 0 Å². The van der Waals surface area contributed by atoms with Crippen LogP contribution in [0, 0.1) is 0 Å². The Morgan fingerprint density at radius 3 is 2.67 bits per heavy atom. The number of nitrogens with zero attached hydrogens (tertiary/aromatic N) is 1. The number of aromatic nitrogens is 1. The Morgan fingerprint density at radius 2 is 2.00 bits per heavy atom. The van der Waals surface area contributed by atoms with Gasteiger partial charge in [0.05, 0.1) is 26.2 Å². The third kappa shape index (κ3) is 4.23. The fraction of sp³-hybridized carbons (Fsp3) is 0.160. The number of pyridine rings is 1. The smallest absolute Gasteiger partial charge is 0.304 e. The van der Waals surface area contributed by atoms with Gasteiger partial charge in [0.2, 0.25) is 5.78 Å². The second-order valence-corrected chi connectivity index (χ2v) is 7.36. The van der Waals surface area contributed by atoms with Crippen LogP contribution in [0.1, 0.15) is 39.4 Å². The summed E-state index contributed by atoms with van der Waals surface area (Å²) in [6.07, 6.45) is 4.32. The number of rotatable bonds is 7. The van der Waals surface area contributed by atoms with E-state index in [2.05, 4.69) is 4.98 Å². The lowest BCUT2D eigenvalue weighted by molar-refractivity contribution is -0.137. The normalized spacial score (nSPS) is 14.5. The number of carboxylic acids is 1. The van der Waals surface area contributed by atoms with E-state index in [0.29, 0.717) is 22.6 Å². The zero-order valence-electron chi connectivity index (χ0n) is 17.9. The molecule has 4 rings (SSSR count). The first-order chi connectivity index (χ1) is 15.9. The zero-order chi connectivity index (χ0) is 23.5. The number of hydrogen-bond donors (Lipinski definition) is 2. The first-order valence-electron chi connectivity index (χ1n) is 10.1. The molecule has 33 heavy (non-hydrogen) atoms. The molecular weight excluding hydrogens is 426 g/mol. The maximum Gasteiger partial charge on any atom is 0.304 e. The van der Waals surface area contributed by atoms with E-state index in [-0.39, 0.29) is 40.6 Å². The third-order valence-corrected chi connectivity index (χ3v) is 5.39. The van der Waals surface area contributed by atoms with E-state index in [1.54, 1.807) is 36.5 Å². The van der Waals surface area contributed by atoms with Crippen molar-refractivity contribution >= 4 is 17.8 Å². The van der Waals surface area contributed by atoms with E-state index in [1.165, 1.54) is 38.6 Å². The molecule has 3 aromatic rings. The molecule has 0 saturated carbocycles. The summed E-state index contributed by atoms with van der Waals surface area (Å²) in [5.74, 6) is -1.15. The fourth-order valence-corrected chi connectivity index (χ4v) is 3.82. The van der Waals surface area contributed by atoms with Gasteiger partial charge in [0.15, 0.2) is 5.76 Å². The maximum atomic E-state index is 13.1. The Labute approximate surface area is 189 Å². The number of ether oxygens (including phenoxy) is 3. The second kappa shape index (κ2) is 9.04. The van der Waals surface area contributed by atoms with Gasteiger partial charge in [-0.25, -0.2) is 0 Å². The van der Waals surface area contributed by atoms with Crippen molar-refractivity contribution in [3.63, 3.8) is 0 Å².